The maximum Gasteiger partial charge on any atom is 0.338 e. The number of ether oxygens (including phenoxy) is 1. The Bertz CT molecular complexity index is 1820. The number of hydrogen-bond donors (Lipinski definition) is 3. The molecule has 0 bridgehead atoms. The first-order valence-electron chi connectivity index (χ1n) is 13.2. The third-order valence-corrected chi connectivity index (χ3v) is 7.19. The number of primary amides is 1. The molecule has 2 heterocycles. The highest BCUT2D eigenvalue weighted by Gasteiger charge is 2.29. The molecule has 43 heavy (non-hydrogen) atoms. The van der Waals surface area contributed by atoms with Crippen LogP contribution in [0.5, 0.6) is 0 Å². The molecule has 2 aromatic carbocycles. The summed E-state index contributed by atoms with van der Waals surface area (Å²) in [7, 11) is 0. The molecular weight excluding hydrogens is 562 g/mol. The fourth-order valence-corrected chi connectivity index (χ4v) is 5.05. The number of carbonyl (C=O) groups excluding carboxylic acids is 4. The molecular formula is C30H26F2N6O5. The Morgan fingerprint density at radius 2 is 1.91 bits per heavy atom. The van der Waals surface area contributed by atoms with Crippen LogP contribution in [0.2, 0.25) is 0 Å². The number of halogens is 2. The standard InChI is InChI=1S/C30H26F2N6O5/c1-3-10-43-30(42)18-5-6-19-17(15(18)2)7-9-23(19)37-29(41)25-12-24(36-27-22(32)14-35-38(25)27)28(40)34-13-16-4-8-21(31)20(11-16)26(33)39/h3-6,8,11-12,14,23H,1,7,9-10,13H2,2H3,(H2,33,39)(H,34,40)(H,37,41)/t23-/m0/s1. The number of nitrogens with one attached hydrogen (secondary N) is 2. The Balaban J connectivity index is 1.37. The average molecular weight is 589 g/mol. The number of esters is 1. The number of carbonyl (C=O) groups is 4. The summed E-state index contributed by atoms with van der Waals surface area (Å²) in [5, 5.41) is 9.38. The Labute approximate surface area is 243 Å². The maximum absolute atomic E-state index is 14.5. The highest BCUT2D eigenvalue weighted by atomic mass is 19.1. The van der Waals surface area contributed by atoms with Crippen molar-refractivity contribution in [3.8, 4) is 0 Å². The lowest BCUT2D eigenvalue weighted by atomic mass is 9.98. The van der Waals surface area contributed by atoms with Gasteiger partial charge in [0.05, 0.1) is 23.4 Å². The van der Waals surface area contributed by atoms with Crippen molar-refractivity contribution in [2.45, 2.75) is 32.4 Å². The minimum Gasteiger partial charge on any atom is -0.458 e. The first-order valence-corrected chi connectivity index (χ1v) is 13.2. The summed E-state index contributed by atoms with van der Waals surface area (Å²) in [6, 6.07) is 7.79. The summed E-state index contributed by atoms with van der Waals surface area (Å²) in [6.45, 7) is 5.32. The number of rotatable bonds is 9. The minimum absolute atomic E-state index is 0.0882. The predicted octanol–water partition coefficient (Wildman–Crippen LogP) is 3.10. The van der Waals surface area contributed by atoms with E-state index in [1.54, 1.807) is 12.1 Å². The first kappa shape index (κ1) is 29.0. The molecule has 220 valence electrons. The van der Waals surface area contributed by atoms with Gasteiger partial charge in [0.1, 0.15) is 23.8 Å². The van der Waals surface area contributed by atoms with Crippen molar-refractivity contribution in [1.82, 2.24) is 25.2 Å². The second-order valence-electron chi connectivity index (χ2n) is 9.87. The molecule has 13 heteroatoms. The largest absolute Gasteiger partial charge is 0.458 e. The van der Waals surface area contributed by atoms with E-state index in [1.165, 1.54) is 24.3 Å². The molecule has 0 saturated heterocycles. The molecule has 2 aromatic heterocycles. The lowest BCUT2D eigenvalue weighted by Crippen LogP contribution is -2.31. The van der Waals surface area contributed by atoms with Crippen LogP contribution in [0.15, 0.2) is 55.3 Å². The van der Waals surface area contributed by atoms with E-state index in [9.17, 15) is 28.0 Å². The summed E-state index contributed by atoms with van der Waals surface area (Å²) < 4.78 is 34.5. The summed E-state index contributed by atoms with van der Waals surface area (Å²) >= 11 is 0. The van der Waals surface area contributed by atoms with Gasteiger partial charge in [-0.1, -0.05) is 24.8 Å². The zero-order valence-corrected chi connectivity index (χ0v) is 22.9. The van der Waals surface area contributed by atoms with Crippen LogP contribution < -0.4 is 16.4 Å². The second kappa shape index (κ2) is 11.8. The van der Waals surface area contributed by atoms with Crippen LogP contribution in [-0.4, -0.2) is 44.9 Å². The van der Waals surface area contributed by atoms with E-state index in [0.717, 1.165) is 33.5 Å². The van der Waals surface area contributed by atoms with Crippen LogP contribution in [0.3, 0.4) is 0 Å². The van der Waals surface area contributed by atoms with Crippen molar-refractivity contribution in [3.05, 3.63) is 112 Å². The molecule has 4 N–H and O–H groups in total. The van der Waals surface area contributed by atoms with Gasteiger partial charge in [-0.25, -0.2) is 23.1 Å². The molecule has 3 amide bonds. The van der Waals surface area contributed by atoms with E-state index in [1.807, 2.05) is 6.92 Å². The molecule has 0 radical (unpaired) electrons. The van der Waals surface area contributed by atoms with Gasteiger partial charge in [0, 0.05) is 12.6 Å². The van der Waals surface area contributed by atoms with E-state index >= 15 is 0 Å². The molecule has 5 rings (SSSR count). The number of amides is 3. The minimum atomic E-state index is -0.962. The molecule has 0 spiro atoms. The van der Waals surface area contributed by atoms with Crippen LogP contribution >= 0.6 is 0 Å². The molecule has 0 saturated carbocycles. The summed E-state index contributed by atoms with van der Waals surface area (Å²) in [4.78, 5) is 54.3. The van der Waals surface area contributed by atoms with E-state index in [2.05, 4.69) is 27.3 Å². The number of benzene rings is 2. The van der Waals surface area contributed by atoms with Crippen molar-refractivity contribution in [3.63, 3.8) is 0 Å². The Morgan fingerprint density at radius 1 is 1.12 bits per heavy atom. The van der Waals surface area contributed by atoms with Gasteiger partial charge in [-0.2, -0.15) is 5.10 Å². The van der Waals surface area contributed by atoms with E-state index in [4.69, 9.17) is 10.5 Å². The highest BCUT2D eigenvalue weighted by molar-refractivity contribution is 5.98. The number of aromatic nitrogens is 3. The lowest BCUT2D eigenvalue weighted by Gasteiger charge is -2.16. The van der Waals surface area contributed by atoms with Crippen molar-refractivity contribution in [2.24, 2.45) is 5.73 Å². The SMILES string of the molecule is C=CCOC(=O)c1ccc2c(c1C)CC[C@@H]2NC(=O)c1cc(C(=O)NCc2ccc(F)c(C(N)=O)c2)nc2c(F)cnn12. The van der Waals surface area contributed by atoms with Crippen molar-refractivity contribution >= 4 is 29.3 Å². The quantitative estimate of drug-likeness (QED) is 0.200. The van der Waals surface area contributed by atoms with Gasteiger partial charge in [0.15, 0.2) is 11.5 Å². The van der Waals surface area contributed by atoms with Gasteiger partial charge in [-0.3, -0.25) is 14.4 Å². The van der Waals surface area contributed by atoms with Gasteiger partial charge >= 0.3 is 5.97 Å². The average Bonchev–Trinajstić information content (AvgIpc) is 3.58. The summed E-state index contributed by atoms with van der Waals surface area (Å²) in [5.41, 5.74) is 7.43. The molecule has 0 unspecified atom stereocenters. The van der Waals surface area contributed by atoms with Crippen LogP contribution in [0.1, 0.15) is 76.4 Å². The van der Waals surface area contributed by atoms with Crippen LogP contribution in [0.25, 0.3) is 5.65 Å². The van der Waals surface area contributed by atoms with Gasteiger partial charge in [-0.15, -0.1) is 0 Å². The highest BCUT2D eigenvalue weighted by Crippen LogP contribution is 2.35. The van der Waals surface area contributed by atoms with Crippen LogP contribution in [0, 0.1) is 18.6 Å². The Hall–Kier alpha value is -5.46. The third-order valence-electron chi connectivity index (χ3n) is 7.19. The molecule has 11 nitrogen and oxygen atoms in total. The van der Waals surface area contributed by atoms with E-state index in [0.29, 0.717) is 24.0 Å². The zero-order valence-electron chi connectivity index (χ0n) is 22.9. The lowest BCUT2D eigenvalue weighted by molar-refractivity contribution is 0.0548. The molecule has 1 aliphatic carbocycles. The van der Waals surface area contributed by atoms with Gasteiger partial charge in [0.25, 0.3) is 17.7 Å². The normalized spacial score (nSPS) is 13.8. The predicted molar refractivity (Wildman–Crippen MR) is 149 cm³/mol. The Morgan fingerprint density at radius 3 is 2.65 bits per heavy atom. The fourth-order valence-electron chi connectivity index (χ4n) is 5.05. The van der Waals surface area contributed by atoms with Crippen LogP contribution in [0.4, 0.5) is 8.78 Å². The first-order chi connectivity index (χ1) is 20.6. The number of fused-ring (bicyclic) bond motifs is 2. The molecule has 1 atom stereocenters. The van der Waals surface area contributed by atoms with Crippen LogP contribution in [-0.2, 0) is 17.7 Å². The smallest absolute Gasteiger partial charge is 0.338 e. The molecule has 0 fully saturated rings. The second-order valence-corrected chi connectivity index (χ2v) is 9.87. The van der Waals surface area contributed by atoms with Crippen molar-refractivity contribution < 1.29 is 32.7 Å². The molecule has 0 aliphatic heterocycles. The topological polar surface area (TPSA) is 158 Å². The summed E-state index contributed by atoms with van der Waals surface area (Å²) in [5.74, 6) is -4.44. The molecule has 4 aromatic rings. The zero-order chi connectivity index (χ0) is 30.8. The third kappa shape index (κ3) is 5.69. The van der Waals surface area contributed by atoms with E-state index in [-0.39, 0.29) is 35.8 Å². The van der Waals surface area contributed by atoms with E-state index < -0.39 is 41.4 Å². The molecule has 1 aliphatic rings. The Kier molecular flexibility index (Phi) is 7.97. The number of hydrogen-bond acceptors (Lipinski definition) is 7. The summed E-state index contributed by atoms with van der Waals surface area (Å²) in [6.07, 6.45) is 3.51. The van der Waals surface area contributed by atoms with Crippen molar-refractivity contribution in [2.75, 3.05) is 6.61 Å². The van der Waals surface area contributed by atoms with Gasteiger partial charge in [0.2, 0.25) is 0 Å². The number of nitrogens with zero attached hydrogens (tertiary/aromatic N) is 3. The van der Waals surface area contributed by atoms with Gasteiger partial charge < -0.3 is 21.1 Å². The fraction of sp³-hybridized carbons (Fsp3) is 0.200. The monoisotopic (exact) mass is 588 g/mol. The number of nitrogens with two attached hydrogens (primary N) is 1. The van der Waals surface area contributed by atoms with Crippen molar-refractivity contribution in [1.29, 1.82) is 0 Å². The van der Waals surface area contributed by atoms with Gasteiger partial charge in [-0.05, 0) is 60.2 Å². The maximum atomic E-state index is 14.5.